The van der Waals surface area contributed by atoms with Crippen LogP contribution in [0.15, 0.2) is 34.9 Å². The molecule has 2 aromatic rings. The number of carbonyl (C=O) groups excluding carboxylic acids is 1. The van der Waals surface area contributed by atoms with Gasteiger partial charge in [0.1, 0.15) is 10.3 Å². The fourth-order valence-corrected chi connectivity index (χ4v) is 3.55. The Kier molecular flexibility index (Phi) is 7.04. The maximum Gasteiger partial charge on any atom is 0.272 e. The predicted octanol–water partition coefficient (Wildman–Crippen LogP) is 3.44. The number of nitrogens with one attached hydrogen (secondary N) is 1. The van der Waals surface area contributed by atoms with Gasteiger partial charge < -0.3 is 10.2 Å². The van der Waals surface area contributed by atoms with Crippen molar-refractivity contribution in [3.8, 4) is 5.69 Å². The molecule has 0 saturated carbocycles. The van der Waals surface area contributed by atoms with Crippen molar-refractivity contribution in [2.75, 3.05) is 26.7 Å². The summed E-state index contributed by atoms with van der Waals surface area (Å²) >= 11 is 3.41. The highest BCUT2D eigenvalue weighted by Crippen LogP contribution is 2.22. The van der Waals surface area contributed by atoms with E-state index in [0.717, 1.165) is 38.2 Å². The monoisotopic (exact) mass is 426 g/mol. The lowest BCUT2D eigenvalue weighted by atomic mass is 9.96. The molecule has 2 heterocycles. The lowest BCUT2D eigenvalue weighted by Gasteiger charge is -2.32. The predicted molar refractivity (Wildman–Crippen MR) is 106 cm³/mol. The van der Waals surface area contributed by atoms with Gasteiger partial charge in [0.2, 0.25) is 0 Å². The van der Waals surface area contributed by atoms with Gasteiger partial charge in [-0.1, -0.05) is 17.7 Å². The normalized spacial score (nSPS) is 15.1. The SMILES string of the molecule is CNCC1CCN(C(=O)c2cc(Br)nn2-c2ccc(C)cc2)CC1.Cl. The minimum atomic E-state index is 0. The van der Waals surface area contributed by atoms with Crippen LogP contribution >= 0.6 is 28.3 Å². The molecular weight excluding hydrogens is 404 g/mol. The van der Waals surface area contributed by atoms with Gasteiger partial charge >= 0.3 is 0 Å². The molecule has 5 nitrogen and oxygen atoms in total. The molecule has 1 amide bonds. The van der Waals surface area contributed by atoms with Crippen molar-refractivity contribution in [2.24, 2.45) is 5.92 Å². The number of rotatable bonds is 4. The topological polar surface area (TPSA) is 50.2 Å². The van der Waals surface area contributed by atoms with Crippen molar-refractivity contribution in [3.05, 3.63) is 46.2 Å². The Balaban J connectivity index is 0.00000225. The average molecular weight is 428 g/mol. The molecule has 1 aliphatic heterocycles. The van der Waals surface area contributed by atoms with Crippen LogP contribution in [0, 0.1) is 12.8 Å². The Bertz CT molecular complexity index is 708. The molecule has 0 aliphatic carbocycles. The minimum absolute atomic E-state index is 0. The molecule has 25 heavy (non-hydrogen) atoms. The van der Waals surface area contributed by atoms with E-state index in [-0.39, 0.29) is 18.3 Å². The van der Waals surface area contributed by atoms with Gasteiger partial charge in [-0.2, -0.15) is 5.10 Å². The van der Waals surface area contributed by atoms with Crippen molar-refractivity contribution in [2.45, 2.75) is 19.8 Å². The Labute approximate surface area is 163 Å². The van der Waals surface area contributed by atoms with Gasteiger partial charge in [-0.3, -0.25) is 4.79 Å². The highest BCUT2D eigenvalue weighted by molar-refractivity contribution is 9.10. The van der Waals surface area contributed by atoms with E-state index in [1.54, 1.807) is 4.68 Å². The number of piperidine rings is 1. The number of hydrogen-bond acceptors (Lipinski definition) is 3. The molecule has 1 aromatic carbocycles. The second kappa shape index (κ2) is 8.83. The molecule has 0 spiro atoms. The number of hydrogen-bond donors (Lipinski definition) is 1. The second-order valence-electron chi connectivity index (χ2n) is 6.39. The van der Waals surface area contributed by atoms with Crippen molar-refractivity contribution < 1.29 is 4.79 Å². The first-order chi connectivity index (χ1) is 11.6. The van der Waals surface area contributed by atoms with Crippen LogP contribution in [0.1, 0.15) is 28.9 Å². The van der Waals surface area contributed by atoms with Crippen LogP contribution < -0.4 is 5.32 Å². The first-order valence-corrected chi connectivity index (χ1v) is 9.14. The van der Waals surface area contributed by atoms with Crippen molar-refractivity contribution in [1.29, 1.82) is 0 Å². The van der Waals surface area contributed by atoms with Gasteiger partial charge in [0.25, 0.3) is 5.91 Å². The quantitative estimate of drug-likeness (QED) is 0.813. The van der Waals surface area contributed by atoms with E-state index in [1.165, 1.54) is 5.56 Å². The zero-order valence-electron chi connectivity index (χ0n) is 14.5. The van der Waals surface area contributed by atoms with E-state index in [0.29, 0.717) is 16.2 Å². The second-order valence-corrected chi connectivity index (χ2v) is 7.21. The number of halogens is 2. The molecule has 1 N–H and O–H groups in total. The largest absolute Gasteiger partial charge is 0.337 e. The van der Waals surface area contributed by atoms with Gasteiger partial charge in [-0.15, -0.1) is 12.4 Å². The number of nitrogens with zero attached hydrogens (tertiary/aromatic N) is 3. The van der Waals surface area contributed by atoms with Crippen LogP contribution in [0.5, 0.6) is 0 Å². The maximum atomic E-state index is 13.0. The number of amides is 1. The van der Waals surface area contributed by atoms with Gasteiger partial charge in [-0.25, -0.2) is 4.68 Å². The Morgan fingerprint density at radius 3 is 2.52 bits per heavy atom. The summed E-state index contributed by atoms with van der Waals surface area (Å²) < 4.78 is 2.41. The lowest BCUT2D eigenvalue weighted by Crippen LogP contribution is -2.41. The first kappa shape index (κ1) is 19.9. The fraction of sp³-hybridized carbons (Fsp3) is 0.444. The number of carbonyl (C=O) groups is 1. The first-order valence-electron chi connectivity index (χ1n) is 8.35. The molecular formula is C18H24BrClN4O. The summed E-state index contributed by atoms with van der Waals surface area (Å²) in [6.07, 6.45) is 2.10. The van der Waals surface area contributed by atoms with Crippen LogP contribution in [0.2, 0.25) is 0 Å². The Hall–Kier alpha value is -1.37. The Morgan fingerprint density at radius 2 is 1.92 bits per heavy atom. The van der Waals surface area contributed by atoms with Crippen LogP contribution in [0.25, 0.3) is 5.69 Å². The third kappa shape index (κ3) is 4.63. The molecule has 136 valence electrons. The summed E-state index contributed by atoms with van der Waals surface area (Å²) in [6, 6.07) is 9.85. The zero-order valence-corrected chi connectivity index (χ0v) is 16.9. The molecule has 1 aliphatic rings. The third-order valence-corrected chi connectivity index (χ3v) is 4.96. The van der Waals surface area contributed by atoms with E-state index in [4.69, 9.17) is 0 Å². The molecule has 0 unspecified atom stereocenters. The summed E-state index contributed by atoms with van der Waals surface area (Å²) in [5.41, 5.74) is 2.70. The molecule has 0 bridgehead atoms. The summed E-state index contributed by atoms with van der Waals surface area (Å²) in [5.74, 6) is 0.712. The smallest absolute Gasteiger partial charge is 0.272 e. The molecule has 1 saturated heterocycles. The van der Waals surface area contributed by atoms with E-state index >= 15 is 0 Å². The van der Waals surface area contributed by atoms with Gasteiger partial charge in [0, 0.05) is 19.2 Å². The van der Waals surface area contributed by atoms with Gasteiger partial charge in [0.15, 0.2) is 0 Å². The summed E-state index contributed by atoms with van der Waals surface area (Å²) in [6.45, 7) is 4.68. The maximum absolute atomic E-state index is 13.0. The number of benzene rings is 1. The Morgan fingerprint density at radius 1 is 1.28 bits per heavy atom. The van der Waals surface area contributed by atoms with Crippen LogP contribution in [-0.2, 0) is 0 Å². The van der Waals surface area contributed by atoms with Crippen LogP contribution in [0.4, 0.5) is 0 Å². The zero-order chi connectivity index (χ0) is 17.1. The standard InChI is InChI=1S/C18H23BrN4O.ClH/c1-13-3-5-15(6-4-13)23-16(11-17(19)21-23)18(24)22-9-7-14(8-10-22)12-20-2;/h3-6,11,14,20H,7-10,12H2,1-2H3;1H. The minimum Gasteiger partial charge on any atom is -0.337 e. The van der Waals surface area contributed by atoms with Crippen molar-refractivity contribution >= 4 is 34.2 Å². The molecule has 0 atom stereocenters. The van der Waals surface area contributed by atoms with Gasteiger partial charge in [0.05, 0.1) is 5.69 Å². The lowest BCUT2D eigenvalue weighted by molar-refractivity contribution is 0.0681. The molecule has 3 rings (SSSR count). The van der Waals surface area contributed by atoms with E-state index < -0.39 is 0 Å². The molecule has 1 aromatic heterocycles. The fourth-order valence-electron chi connectivity index (χ4n) is 3.18. The molecule has 0 radical (unpaired) electrons. The number of aryl methyl sites for hydroxylation is 1. The average Bonchev–Trinajstić information content (AvgIpc) is 2.98. The van der Waals surface area contributed by atoms with E-state index in [1.807, 2.05) is 49.2 Å². The van der Waals surface area contributed by atoms with Crippen molar-refractivity contribution in [3.63, 3.8) is 0 Å². The van der Waals surface area contributed by atoms with Crippen LogP contribution in [-0.4, -0.2) is 47.3 Å². The molecule has 1 fully saturated rings. The summed E-state index contributed by atoms with van der Waals surface area (Å²) in [4.78, 5) is 14.9. The van der Waals surface area contributed by atoms with Crippen LogP contribution in [0.3, 0.4) is 0 Å². The van der Waals surface area contributed by atoms with Gasteiger partial charge in [-0.05, 0) is 67.3 Å². The van der Waals surface area contributed by atoms with E-state index in [2.05, 4.69) is 26.3 Å². The highest BCUT2D eigenvalue weighted by Gasteiger charge is 2.26. The third-order valence-electron chi connectivity index (χ3n) is 4.57. The molecule has 7 heteroatoms. The number of aromatic nitrogens is 2. The highest BCUT2D eigenvalue weighted by atomic mass is 79.9. The summed E-state index contributed by atoms with van der Waals surface area (Å²) in [5, 5.41) is 7.67. The van der Waals surface area contributed by atoms with E-state index in [9.17, 15) is 4.79 Å². The van der Waals surface area contributed by atoms with Crippen molar-refractivity contribution in [1.82, 2.24) is 20.0 Å². The summed E-state index contributed by atoms with van der Waals surface area (Å²) in [7, 11) is 1.98. The number of likely N-dealkylation sites (tertiary alicyclic amines) is 1.